The Morgan fingerprint density at radius 2 is 1.41 bits per heavy atom. The van der Waals surface area contributed by atoms with Crippen LogP contribution in [0.5, 0.6) is 0 Å². The maximum atomic E-state index is 13.5. The van der Waals surface area contributed by atoms with Crippen LogP contribution in [0.3, 0.4) is 0 Å². The average molecular weight is 795 g/mol. The van der Waals surface area contributed by atoms with E-state index in [1.54, 1.807) is 43.1 Å². The fourth-order valence-electron chi connectivity index (χ4n) is 8.04. The Morgan fingerprint density at radius 1 is 0.746 bits per heavy atom. The molecule has 1 fully saturated rings. The molecule has 2 heterocycles. The highest BCUT2D eigenvalue weighted by molar-refractivity contribution is 6.04. The fourth-order valence-corrected chi connectivity index (χ4v) is 8.04. The first-order chi connectivity index (χ1) is 28.2. The van der Waals surface area contributed by atoms with Crippen molar-refractivity contribution in [3.05, 3.63) is 148 Å². The van der Waals surface area contributed by atoms with Gasteiger partial charge in [0, 0.05) is 76.4 Å². The molecular formula is C48H54N6O5. The van der Waals surface area contributed by atoms with E-state index in [0.717, 1.165) is 61.2 Å². The number of aromatic nitrogens is 1. The van der Waals surface area contributed by atoms with Crippen molar-refractivity contribution < 1.29 is 23.9 Å². The lowest BCUT2D eigenvalue weighted by molar-refractivity contribution is -0.0217. The monoisotopic (exact) mass is 794 g/mol. The number of carbonyl (C=O) groups excluding carboxylic acids is 4. The average Bonchev–Trinajstić information content (AvgIpc) is 3.64. The van der Waals surface area contributed by atoms with Crippen LogP contribution in [0.1, 0.15) is 93.6 Å². The Hall–Kier alpha value is -6.20. The molecule has 0 unspecified atom stereocenters. The molecule has 1 aliphatic heterocycles. The molecule has 306 valence electrons. The Bertz CT molecular complexity index is 2320. The summed E-state index contributed by atoms with van der Waals surface area (Å²) in [6.07, 6.45) is 2.86. The van der Waals surface area contributed by atoms with Crippen molar-refractivity contribution in [3.8, 4) is 11.1 Å². The minimum Gasteiger partial charge on any atom is -0.444 e. The van der Waals surface area contributed by atoms with E-state index in [0.29, 0.717) is 35.6 Å². The van der Waals surface area contributed by atoms with Crippen molar-refractivity contribution in [1.82, 2.24) is 24.6 Å². The second-order valence-corrected chi connectivity index (χ2v) is 16.9. The van der Waals surface area contributed by atoms with Gasteiger partial charge in [-0.25, -0.2) is 4.79 Å². The summed E-state index contributed by atoms with van der Waals surface area (Å²) in [6, 6.07) is 34.8. The van der Waals surface area contributed by atoms with Crippen LogP contribution in [0, 0.1) is 0 Å². The zero-order valence-corrected chi connectivity index (χ0v) is 34.9. The fraction of sp³-hybridized carbons (Fsp3) is 0.333. The lowest BCUT2D eigenvalue weighted by atomic mass is 9.71. The van der Waals surface area contributed by atoms with Crippen LogP contribution < -0.4 is 10.6 Å². The lowest BCUT2D eigenvalue weighted by Gasteiger charge is -2.53. The molecule has 5 aromatic rings. The molecule has 7 rings (SSSR count). The molecule has 2 aliphatic rings. The highest BCUT2D eigenvalue weighted by Gasteiger charge is 2.48. The molecule has 1 aromatic heterocycles. The van der Waals surface area contributed by atoms with E-state index in [-0.39, 0.29) is 23.3 Å². The molecule has 1 aliphatic carbocycles. The van der Waals surface area contributed by atoms with Crippen molar-refractivity contribution in [3.63, 3.8) is 0 Å². The molecule has 11 nitrogen and oxygen atoms in total. The van der Waals surface area contributed by atoms with Crippen LogP contribution in [0.2, 0.25) is 0 Å². The normalized spacial score (nSPS) is 14.5. The molecule has 0 radical (unpaired) electrons. The predicted molar refractivity (Wildman–Crippen MR) is 230 cm³/mol. The Balaban J connectivity index is 0.928. The van der Waals surface area contributed by atoms with Crippen molar-refractivity contribution in [1.29, 1.82) is 0 Å². The first-order valence-electron chi connectivity index (χ1n) is 20.3. The van der Waals surface area contributed by atoms with Crippen molar-refractivity contribution >= 4 is 29.5 Å². The van der Waals surface area contributed by atoms with E-state index in [4.69, 9.17) is 4.74 Å². The summed E-state index contributed by atoms with van der Waals surface area (Å²) < 4.78 is 7.71. The Labute approximate surface area is 347 Å². The smallest absolute Gasteiger partial charge is 0.410 e. The molecule has 0 saturated heterocycles. The topological polar surface area (TPSA) is 116 Å². The second-order valence-electron chi connectivity index (χ2n) is 16.9. The third-order valence-corrected chi connectivity index (χ3v) is 11.3. The largest absolute Gasteiger partial charge is 0.444 e. The molecule has 4 aromatic carbocycles. The van der Waals surface area contributed by atoms with Crippen LogP contribution in [-0.4, -0.2) is 76.4 Å². The quantitative estimate of drug-likeness (QED) is 0.139. The minimum atomic E-state index is -0.581. The highest BCUT2D eigenvalue weighted by atomic mass is 16.6. The third-order valence-electron chi connectivity index (χ3n) is 11.3. The molecule has 0 atom stereocenters. The van der Waals surface area contributed by atoms with Gasteiger partial charge in [0.25, 0.3) is 17.7 Å². The van der Waals surface area contributed by atoms with Gasteiger partial charge in [0.1, 0.15) is 11.3 Å². The molecule has 4 amide bonds. The van der Waals surface area contributed by atoms with Gasteiger partial charge in [-0.15, -0.1) is 0 Å². The number of nitrogens with one attached hydrogen (secondary N) is 2. The maximum absolute atomic E-state index is 13.5. The summed E-state index contributed by atoms with van der Waals surface area (Å²) in [6.45, 7) is 8.61. The van der Waals surface area contributed by atoms with Crippen LogP contribution in [-0.2, 0) is 36.5 Å². The summed E-state index contributed by atoms with van der Waals surface area (Å²) >= 11 is 0. The van der Waals surface area contributed by atoms with E-state index in [9.17, 15) is 19.2 Å². The molecule has 1 spiro atoms. The number of benzene rings is 4. The van der Waals surface area contributed by atoms with E-state index in [2.05, 4.69) is 38.3 Å². The van der Waals surface area contributed by atoms with Gasteiger partial charge >= 0.3 is 6.09 Å². The van der Waals surface area contributed by atoms with Crippen LogP contribution >= 0.6 is 0 Å². The first-order valence-corrected chi connectivity index (χ1v) is 20.3. The zero-order valence-electron chi connectivity index (χ0n) is 34.9. The lowest BCUT2D eigenvalue weighted by Crippen LogP contribution is -2.56. The number of nitrogens with zero attached hydrogens (tertiary/aromatic N) is 4. The summed E-state index contributed by atoms with van der Waals surface area (Å²) in [7, 11) is 5.24. The highest BCUT2D eigenvalue weighted by Crippen LogP contribution is 2.49. The van der Waals surface area contributed by atoms with Gasteiger partial charge in [0.2, 0.25) is 0 Å². The van der Waals surface area contributed by atoms with Gasteiger partial charge in [-0.1, -0.05) is 60.7 Å². The zero-order chi connectivity index (χ0) is 41.9. The predicted octanol–water partition coefficient (Wildman–Crippen LogP) is 8.30. The number of fused-ring (bicyclic) bond motifs is 2. The van der Waals surface area contributed by atoms with Crippen molar-refractivity contribution in [2.45, 2.75) is 77.4 Å². The second kappa shape index (κ2) is 17.0. The van der Waals surface area contributed by atoms with Gasteiger partial charge in [-0.3, -0.25) is 19.3 Å². The van der Waals surface area contributed by atoms with Gasteiger partial charge < -0.3 is 29.7 Å². The minimum absolute atomic E-state index is 0.00298. The number of amides is 4. The summed E-state index contributed by atoms with van der Waals surface area (Å²) in [5.41, 5.74) is 8.00. The van der Waals surface area contributed by atoms with Crippen LogP contribution in [0.4, 0.5) is 10.5 Å². The number of hydrogen-bond donors (Lipinski definition) is 2. The van der Waals surface area contributed by atoms with Gasteiger partial charge in [-0.05, 0) is 116 Å². The third kappa shape index (κ3) is 9.10. The number of ether oxygens (including phenoxy) is 1. The van der Waals surface area contributed by atoms with Crippen LogP contribution in [0.25, 0.3) is 11.1 Å². The molecule has 59 heavy (non-hydrogen) atoms. The summed E-state index contributed by atoms with van der Waals surface area (Å²) in [4.78, 5) is 57.4. The van der Waals surface area contributed by atoms with E-state index in [1.165, 1.54) is 11.3 Å². The molecule has 0 bridgehead atoms. The van der Waals surface area contributed by atoms with E-state index >= 15 is 0 Å². The summed E-state index contributed by atoms with van der Waals surface area (Å²) in [5.74, 6) is -0.346. The van der Waals surface area contributed by atoms with Crippen molar-refractivity contribution in [2.24, 2.45) is 0 Å². The number of hydrogen-bond acceptors (Lipinski definition) is 6. The van der Waals surface area contributed by atoms with Crippen molar-refractivity contribution in [2.75, 3.05) is 33.0 Å². The van der Waals surface area contributed by atoms with E-state index in [1.807, 2.05) is 99.6 Å². The molecule has 1 saturated carbocycles. The SMILES string of the molecule is CN(C)C(=O)c1ccc(CN2CCn3c(C(=O)NCc4ccc(NC(=O)c5ccc(-c6ccccc6CN(C)C(=O)OC(C)(C)C)cc5)cc4)ccc3C23CCC3)cc1. The Morgan fingerprint density at radius 3 is 2.05 bits per heavy atom. The standard InChI is InChI=1S/C48H54N6O5/c1-47(2,3)59-46(58)52(6)32-38-10-7-8-11-40(38)35-18-20-36(21-19-35)43(55)50-39-22-14-33(15-23-39)30-49-44(56)41-24-25-42-48(26-9-27-48)53(28-29-54(41)42)31-34-12-16-37(17-13-34)45(57)51(4)5/h7-8,10-25H,9,26-32H2,1-6H3,(H,49,56)(H,50,55). The number of anilines is 1. The van der Waals surface area contributed by atoms with Gasteiger partial charge in [0.05, 0.1) is 5.54 Å². The first kappa shape index (κ1) is 41.0. The van der Waals surface area contributed by atoms with Gasteiger partial charge in [0.15, 0.2) is 0 Å². The molecule has 2 N–H and O–H groups in total. The number of rotatable bonds is 11. The Kier molecular flexibility index (Phi) is 11.8. The maximum Gasteiger partial charge on any atom is 0.410 e. The van der Waals surface area contributed by atoms with Gasteiger partial charge in [-0.2, -0.15) is 0 Å². The van der Waals surface area contributed by atoms with Crippen LogP contribution in [0.15, 0.2) is 109 Å². The molecule has 11 heteroatoms. The summed E-state index contributed by atoms with van der Waals surface area (Å²) in [5, 5.41) is 6.08. The number of carbonyl (C=O) groups is 4. The molecular weight excluding hydrogens is 741 g/mol. The van der Waals surface area contributed by atoms with E-state index < -0.39 is 11.7 Å².